The van der Waals surface area contributed by atoms with Crippen LogP contribution in [-0.4, -0.2) is 149 Å². The zero-order valence-electron chi connectivity index (χ0n) is 26.8. The maximum atomic E-state index is 12.8. The Morgan fingerprint density at radius 1 is 0.608 bits per heavy atom. The Bertz CT molecular complexity index is 1450. The van der Waals surface area contributed by atoms with Gasteiger partial charge < -0.3 is 79.5 Å². The molecule has 0 bridgehead atoms. The predicted octanol–water partition coefficient (Wildman–Crippen LogP) is -3.57. The van der Waals surface area contributed by atoms with E-state index in [1.807, 2.05) is 0 Å². The molecule has 282 valence electrons. The summed E-state index contributed by atoms with van der Waals surface area (Å²) >= 11 is 0. The van der Waals surface area contributed by atoms with Gasteiger partial charge in [-0.2, -0.15) is 0 Å². The molecule has 0 spiro atoms. The monoisotopic (exact) mass is 728 g/mol. The summed E-state index contributed by atoms with van der Waals surface area (Å²) in [5.74, 6) is -3.89. The number of carboxylic acid groups (broad SMARTS) is 1. The fourth-order valence-corrected chi connectivity index (χ4v) is 5.12. The Hall–Kier alpha value is -3.99. The molecule has 0 unspecified atom stereocenters. The van der Waals surface area contributed by atoms with E-state index < -0.39 is 118 Å². The third-order valence-corrected chi connectivity index (χ3v) is 8.08. The lowest BCUT2D eigenvalue weighted by Crippen LogP contribution is -2.60. The average Bonchev–Trinajstić information content (AvgIpc) is 3.10. The van der Waals surface area contributed by atoms with Crippen LogP contribution in [0.25, 0.3) is 0 Å². The summed E-state index contributed by atoms with van der Waals surface area (Å²) in [6.45, 7) is -2.12. The summed E-state index contributed by atoms with van der Waals surface area (Å²) in [7, 11) is 0. The number of esters is 2. The normalized spacial score (nSPS) is 30.5. The summed E-state index contributed by atoms with van der Waals surface area (Å²) in [5, 5.41) is 98.7. The largest absolute Gasteiger partial charge is 0.481 e. The van der Waals surface area contributed by atoms with Crippen molar-refractivity contribution in [1.29, 1.82) is 0 Å². The van der Waals surface area contributed by atoms with Gasteiger partial charge in [0.05, 0.1) is 26.1 Å². The van der Waals surface area contributed by atoms with Gasteiger partial charge in [0, 0.05) is 0 Å². The number of aliphatic hydroxyl groups is 9. The predicted molar refractivity (Wildman–Crippen MR) is 163 cm³/mol. The van der Waals surface area contributed by atoms with Crippen LogP contribution >= 0.6 is 0 Å². The Kier molecular flexibility index (Phi) is 13.6. The van der Waals surface area contributed by atoms with E-state index in [4.69, 9.17) is 28.4 Å². The van der Waals surface area contributed by atoms with E-state index in [1.165, 1.54) is 48.5 Å². The first kappa shape index (κ1) is 39.8. The number of ether oxygens (including phenoxy) is 6. The summed E-state index contributed by atoms with van der Waals surface area (Å²) in [5.41, 5.74) is -2.06. The van der Waals surface area contributed by atoms with Crippen molar-refractivity contribution in [1.82, 2.24) is 0 Å². The number of carbonyl (C=O) groups is 3. The quantitative estimate of drug-likeness (QED) is 0.0793. The topological polar surface area (TPSA) is 309 Å². The summed E-state index contributed by atoms with van der Waals surface area (Å²) < 4.78 is 31.7. The molecule has 4 rings (SSSR count). The highest BCUT2D eigenvalue weighted by atomic mass is 16.7. The molecule has 11 atom stereocenters. The second-order valence-corrected chi connectivity index (χ2v) is 11.9. The van der Waals surface area contributed by atoms with Crippen molar-refractivity contribution in [2.24, 2.45) is 0 Å². The first-order valence-electron chi connectivity index (χ1n) is 15.5. The van der Waals surface area contributed by atoms with Gasteiger partial charge in [0.25, 0.3) is 0 Å². The van der Waals surface area contributed by atoms with E-state index >= 15 is 0 Å². The van der Waals surface area contributed by atoms with Gasteiger partial charge in [0.15, 0.2) is 5.60 Å². The number of hydrogen-bond donors (Lipinski definition) is 10. The van der Waals surface area contributed by atoms with Crippen molar-refractivity contribution < 1.29 is 93.9 Å². The van der Waals surface area contributed by atoms with Crippen LogP contribution in [0.1, 0.15) is 24.0 Å². The minimum absolute atomic E-state index is 0.121. The van der Waals surface area contributed by atoms with E-state index in [1.54, 1.807) is 0 Å². The zero-order chi connectivity index (χ0) is 37.5. The maximum Gasteiger partial charge on any atom is 0.339 e. The fraction of sp³-hybridized carbons (Fsp3) is 0.531. The van der Waals surface area contributed by atoms with E-state index in [9.17, 15) is 65.4 Å². The van der Waals surface area contributed by atoms with Gasteiger partial charge in [-0.3, -0.25) is 9.59 Å². The van der Waals surface area contributed by atoms with Gasteiger partial charge in [-0.1, -0.05) is 24.3 Å². The van der Waals surface area contributed by atoms with E-state index in [0.29, 0.717) is 11.1 Å². The van der Waals surface area contributed by atoms with Crippen molar-refractivity contribution in [3.05, 3.63) is 59.7 Å². The Labute approximate surface area is 289 Å². The van der Waals surface area contributed by atoms with Gasteiger partial charge >= 0.3 is 17.9 Å². The smallest absolute Gasteiger partial charge is 0.339 e. The van der Waals surface area contributed by atoms with Crippen molar-refractivity contribution >= 4 is 17.9 Å². The molecule has 2 aromatic rings. The van der Waals surface area contributed by atoms with Gasteiger partial charge in [0.1, 0.15) is 73.5 Å². The van der Waals surface area contributed by atoms with Crippen molar-refractivity contribution in [3.8, 4) is 11.5 Å². The molecule has 0 aromatic heterocycles. The summed E-state index contributed by atoms with van der Waals surface area (Å²) in [4.78, 5) is 36.8. The molecule has 0 aliphatic carbocycles. The summed E-state index contributed by atoms with van der Waals surface area (Å²) in [6, 6.07) is 11.3. The second kappa shape index (κ2) is 17.5. The lowest BCUT2D eigenvalue weighted by atomic mass is 9.95. The minimum Gasteiger partial charge on any atom is -0.481 e. The van der Waals surface area contributed by atoms with Gasteiger partial charge in [-0.25, -0.2) is 4.79 Å². The number of aliphatic hydroxyl groups excluding tert-OH is 8. The van der Waals surface area contributed by atoms with E-state index in [0.717, 1.165) is 0 Å². The van der Waals surface area contributed by atoms with Crippen LogP contribution in [0.2, 0.25) is 0 Å². The highest BCUT2D eigenvalue weighted by Crippen LogP contribution is 2.27. The van der Waals surface area contributed by atoms with Crippen LogP contribution in [0.4, 0.5) is 0 Å². The Balaban J connectivity index is 1.27. The molecule has 19 nitrogen and oxygen atoms in total. The molecule has 0 radical (unpaired) electrons. The maximum absolute atomic E-state index is 12.8. The number of carbonyl (C=O) groups excluding carboxylic acids is 2. The molecular weight excluding hydrogens is 688 g/mol. The molecule has 2 heterocycles. The van der Waals surface area contributed by atoms with Gasteiger partial charge in [-0.15, -0.1) is 0 Å². The van der Waals surface area contributed by atoms with Crippen LogP contribution in [0.3, 0.4) is 0 Å². The standard InChI is InChI=1S/C32H40O19/c33-11-19-23(38)25(40)27(42)29(50-19)48-17-5-1-15(2-6-17)13-46-22(37)10-32(45,9-21(35)36)31(44)47-14-16-3-7-18(8-4-16)49-30-28(43)26(41)24(39)20(12-34)51-30/h1-8,19-20,23-30,33-34,38-43,45H,9-14H2,(H,35,36)/t19-,20+,23-,24-,25+,26-,27-,28-,29-,30+,32-/m0/s1. The molecule has 2 aliphatic rings. The molecule has 0 saturated carbocycles. The van der Waals surface area contributed by atoms with Crippen LogP contribution in [-0.2, 0) is 46.5 Å². The SMILES string of the molecule is O=C(O)C[C@](O)(CC(=O)OCc1ccc(O[C@H]2O[C@@H](CO)[C@H](O)[C@@H](O)[C@@H]2O)cc1)C(=O)OCc1ccc(O[C@@H]2O[C@H](CO)[C@H](O)[C@H](O)[C@@H]2O)cc1. The molecular formula is C32H40O19. The number of benzene rings is 2. The third kappa shape index (κ3) is 10.1. The molecule has 51 heavy (non-hydrogen) atoms. The summed E-state index contributed by atoms with van der Waals surface area (Å²) in [6.07, 6.45) is -17.2. The lowest BCUT2D eigenvalue weighted by Gasteiger charge is -2.39. The van der Waals surface area contributed by atoms with Crippen molar-refractivity contribution in [2.45, 2.75) is 93.1 Å². The first-order chi connectivity index (χ1) is 24.1. The molecule has 2 aromatic carbocycles. The number of hydrogen-bond acceptors (Lipinski definition) is 18. The molecule has 10 N–H and O–H groups in total. The third-order valence-electron chi connectivity index (χ3n) is 8.08. The van der Waals surface area contributed by atoms with Gasteiger partial charge in [0.2, 0.25) is 12.6 Å². The molecule has 0 amide bonds. The van der Waals surface area contributed by atoms with Gasteiger partial charge in [-0.05, 0) is 35.4 Å². The molecule has 19 heteroatoms. The van der Waals surface area contributed by atoms with Crippen LogP contribution < -0.4 is 9.47 Å². The number of carboxylic acids is 1. The van der Waals surface area contributed by atoms with E-state index in [-0.39, 0.29) is 18.1 Å². The highest BCUT2D eigenvalue weighted by molar-refractivity contribution is 5.89. The number of aliphatic carboxylic acids is 1. The average molecular weight is 729 g/mol. The second-order valence-electron chi connectivity index (χ2n) is 11.9. The van der Waals surface area contributed by atoms with Crippen LogP contribution in [0.15, 0.2) is 48.5 Å². The van der Waals surface area contributed by atoms with Crippen LogP contribution in [0.5, 0.6) is 11.5 Å². The molecule has 2 aliphatic heterocycles. The number of rotatable bonds is 15. The fourth-order valence-electron chi connectivity index (χ4n) is 5.12. The Morgan fingerprint density at radius 2 is 1.02 bits per heavy atom. The molecule has 2 saturated heterocycles. The zero-order valence-corrected chi connectivity index (χ0v) is 26.8. The first-order valence-corrected chi connectivity index (χ1v) is 15.5. The Morgan fingerprint density at radius 3 is 1.41 bits per heavy atom. The lowest BCUT2D eigenvalue weighted by molar-refractivity contribution is -0.277. The highest BCUT2D eigenvalue weighted by Gasteiger charge is 2.46. The van der Waals surface area contributed by atoms with Crippen LogP contribution in [0, 0.1) is 0 Å². The van der Waals surface area contributed by atoms with E-state index in [2.05, 4.69) is 0 Å². The van der Waals surface area contributed by atoms with Crippen molar-refractivity contribution in [2.75, 3.05) is 13.2 Å². The molecule has 2 fully saturated rings. The van der Waals surface area contributed by atoms with Crippen molar-refractivity contribution in [3.63, 3.8) is 0 Å². The minimum atomic E-state index is -2.79.